The molecule has 0 aliphatic rings. The lowest BCUT2D eigenvalue weighted by atomic mass is 9.96. The summed E-state index contributed by atoms with van der Waals surface area (Å²) in [4.78, 5) is 23.3. The van der Waals surface area contributed by atoms with E-state index < -0.39 is 17.4 Å². The van der Waals surface area contributed by atoms with Crippen LogP contribution in [0.2, 0.25) is 0 Å². The molecule has 1 unspecified atom stereocenters. The van der Waals surface area contributed by atoms with Crippen LogP contribution in [-0.2, 0) is 16.8 Å². The van der Waals surface area contributed by atoms with E-state index in [4.69, 9.17) is 5.11 Å². The number of aromatic carboxylic acids is 1. The first kappa shape index (κ1) is 17.1. The Morgan fingerprint density at radius 1 is 1.30 bits per heavy atom. The van der Waals surface area contributed by atoms with Crippen molar-refractivity contribution in [3.8, 4) is 0 Å². The van der Waals surface area contributed by atoms with E-state index in [1.807, 2.05) is 0 Å². The maximum absolute atomic E-state index is 12.9. The number of carbonyl (C=O) groups is 2. The summed E-state index contributed by atoms with van der Waals surface area (Å²) in [5.74, 6) is -1.76. The Labute approximate surface area is 136 Å². The molecule has 5 nitrogen and oxygen atoms in total. The van der Waals surface area contributed by atoms with E-state index in [-0.39, 0.29) is 24.4 Å². The van der Waals surface area contributed by atoms with Crippen molar-refractivity contribution in [3.63, 3.8) is 0 Å². The van der Waals surface area contributed by atoms with Gasteiger partial charge in [0.1, 0.15) is 11.4 Å². The SMILES string of the molecule is CC(O)(CNC(=O)Cc1cc(C(=O)O)cs1)c1ccc(F)cc1. The highest BCUT2D eigenvalue weighted by atomic mass is 32.1. The number of benzene rings is 1. The van der Waals surface area contributed by atoms with Gasteiger partial charge in [0, 0.05) is 10.3 Å². The van der Waals surface area contributed by atoms with E-state index >= 15 is 0 Å². The number of nitrogens with one attached hydrogen (secondary N) is 1. The average molecular weight is 337 g/mol. The first-order valence-electron chi connectivity index (χ1n) is 6.84. The maximum atomic E-state index is 12.9. The fourth-order valence-electron chi connectivity index (χ4n) is 1.99. The van der Waals surface area contributed by atoms with E-state index in [1.165, 1.54) is 54.0 Å². The number of amides is 1. The number of hydrogen-bond acceptors (Lipinski definition) is 4. The second kappa shape index (κ2) is 6.89. The quantitative estimate of drug-likeness (QED) is 0.754. The monoisotopic (exact) mass is 337 g/mol. The highest BCUT2D eigenvalue weighted by Crippen LogP contribution is 2.20. The maximum Gasteiger partial charge on any atom is 0.336 e. The molecule has 1 amide bonds. The fraction of sp³-hybridized carbons (Fsp3) is 0.250. The van der Waals surface area contributed by atoms with Gasteiger partial charge >= 0.3 is 5.97 Å². The van der Waals surface area contributed by atoms with Crippen LogP contribution in [0.25, 0.3) is 0 Å². The van der Waals surface area contributed by atoms with Crippen molar-refractivity contribution < 1.29 is 24.2 Å². The molecular formula is C16H16FNO4S. The molecule has 0 radical (unpaired) electrons. The molecule has 7 heteroatoms. The van der Waals surface area contributed by atoms with Crippen molar-refractivity contribution in [3.05, 3.63) is 57.5 Å². The summed E-state index contributed by atoms with van der Waals surface area (Å²) < 4.78 is 12.9. The summed E-state index contributed by atoms with van der Waals surface area (Å²) in [6, 6.07) is 6.85. The molecule has 1 heterocycles. The number of hydrogen-bond donors (Lipinski definition) is 3. The van der Waals surface area contributed by atoms with Gasteiger partial charge in [-0.3, -0.25) is 4.79 Å². The molecule has 0 saturated carbocycles. The predicted octanol–water partition coefficient (Wildman–Crippen LogP) is 2.15. The van der Waals surface area contributed by atoms with Crippen LogP contribution in [-0.4, -0.2) is 28.6 Å². The molecule has 2 aromatic rings. The van der Waals surface area contributed by atoms with E-state index in [9.17, 15) is 19.1 Å². The van der Waals surface area contributed by atoms with Gasteiger partial charge in [0.15, 0.2) is 0 Å². The number of carboxylic acid groups (broad SMARTS) is 1. The van der Waals surface area contributed by atoms with Crippen molar-refractivity contribution in [2.45, 2.75) is 18.9 Å². The van der Waals surface area contributed by atoms with Crippen LogP contribution in [0.5, 0.6) is 0 Å². The Morgan fingerprint density at radius 3 is 2.52 bits per heavy atom. The number of aliphatic hydroxyl groups is 1. The fourth-order valence-corrected chi connectivity index (χ4v) is 2.84. The predicted molar refractivity (Wildman–Crippen MR) is 84.0 cm³/mol. The molecule has 3 N–H and O–H groups in total. The molecule has 23 heavy (non-hydrogen) atoms. The standard InChI is InChI=1S/C16H16FNO4S/c1-16(22,11-2-4-12(17)5-3-11)9-18-14(19)7-13-6-10(8-23-13)15(20)21/h2-6,8,22H,7,9H2,1H3,(H,18,19)(H,20,21). The number of carboxylic acids is 1. The van der Waals surface area contributed by atoms with Gasteiger partial charge in [-0.25, -0.2) is 9.18 Å². The Morgan fingerprint density at radius 2 is 1.96 bits per heavy atom. The molecule has 0 fully saturated rings. The Kier molecular flexibility index (Phi) is 5.12. The molecule has 0 aliphatic carbocycles. The molecule has 122 valence electrons. The summed E-state index contributed by atoms with van der Waals surface area (Å²) in [7, 11) is 0. The van der Waals surface area contributed by atoms with Crippen LogP contribution in [0.3, 0.4) is 0 Å². The molecule has 1 aromatic carbocycles. The van der Waals surface area contributed by atoms with Crippen LogP contribution < -0.4 is 5.32 Å². The first-order chi connectivity index (χ1) is 10.8. The number of thiophene rings is 1. The molecule has 0 saturated heterocycles. The van der Waals surface area contributed by atoms with Gasteiger partial charge in [-0.15, -0.1) is 11.3 Å². The number of halogens is 1. The lowest BCUT2D eigenvalue weighted by molar-refractivity contribution is -0.121. The van der Waals surface area contributed by atoms with Crippen molar-refractivity contribution >= 4 is 23.2 Å². The first-order valence-corrected chi connectivity index (χ1v) is 7.72. The molecule has 1 atom stereocenters. The Bertz CT molecular complexity index is 709. The third kappa shape index (κ3) is 4.61. The van der Waals surface area contributed by atoms with Gasteiger partial charge in [0.05, 0.1) is 18.5 Å². The minimum Gasteiger partial charge on any atom is -0.478 e. The lowest BCUT2D eigenvalue weighted by Crippen LogP contribution is -2.39. The van der Waals surface area contributed by atoms with Crippen LogP contribution >= 0.6 is 11.3 Å². The van der Waals surface area contributed by atoms with E-state index in [0.717, 1.165) is 0 Å². The molecule has 1 aromatic heterocycles. The number of carbonyl (C=O) groups excluding carboxylic acids is 1. The van der Waals surface area contributed by atoms with E-state index in [0.29, 0.717) is 10.4 Å². The van der Waals surface area contributed by atoms with Gasteiger partial charge in [0.25, 0.3) is 0 Å². The highest BCUT2D eigenvalue weighted by Gasteiger charge is 2.24. The molecule has 2 rings (SSSR count). The van der Waals surface area contributed by atoms with Crippen LogP contribution in [0.15, 0.2) is 35.7 Å². The van der Waals surface area contributed by atoms with Crippen molar-refractivity contribution in [2.75, 3.05) is 6.54 Å². The summed E-state index contributed by atoms with van der Waals surface area (Å²) in [6.45, 7) is 1.49. The summed E-state index contributed by atoms with van der Waals surface area (Å²) in [6.07, 6.45) is 0.0391. The average Bonchev–Trinajstić information content (AvgIpc) is 2.94. The normalized spacial score (nSPS) is 13.3. The second-order valence-electron chi connectivity index (χ2n) is 5.34. The van der Waals surface area contributed by atoms with Gasteiger partial charge in [0.2, 0.25) is 5.91 Å². The minimum absolute atomic E-state index is 0.0331. The van der Waals surface area contributed by atoms with Crippen molar-refractivity contribution in [2.24, 2.45) is 0 Å². The lowest BCUT2D eigenvalue weighted by Gasteiger charge is -2.24. The van der Waals surface area contributed by atoms with Crippen molar-refractivity contribution in [1.82, 2.24) is 5.32 Å². The Hall–Kier alpha value is -2.25. The zero-order valence-electron chi connectivity index (χ0n) is 12.4. The molecule has 0 aliphatic heterocycles. The molecular weight excluding hydrogens is 321 g/mol. The summed E-state index contributed by atoms with van der Waals surface area (Å²) in [5, 5.41) is 23.3. The molecule has 0 bridgehead atoms. The molecule has 0 spiro atoms. The third-order valence-electron chi connectivity index (χ3n) is 3.33. The van der Waals surface area contributed by atoms with Gasteiger partial charge in [-0.1, -0.05) is 12.1 Å². The highest BCUT2D eigenvalue weighted by molar-refractivity contribution is 7.10. The van der Waals surface area contributed by atoms with Crippen LogP contribution in [0, 0.1) is 5.82 Å². The largest absolute Gasteiger partial charge is 0.478 e. The third-order valence-corrected chi connectivity index (χ3v) is 4.27. The number of rotatable bonds is 6. The Balaban J connectivity index is 1.92. The van der Waals surface area contributed by atoms with E-state index in [1.54, 1.807) is 0 Å². The second-order valence-corrected chi connectivity index (χ2v) is 6.34. The van der Waals surface area contributed by atoms with Crippen LogP contribution in [0.4, 0.5) is 4.39 Å². The van der Waals surface area contributed by atoms with Crippen molar-refractivity contribution in [1.29, 1.82) is 0 Å². The summed E-state index contributed by atoms with van der Waals surface area (Å²) >= 11 is 1.19. The van der Waals surface area contributed by atoms with Crippen LogP contribution in [0.1, 0.15) is 27.7 Å². The summed E-state index contributed by atoms with van der Waals surface area (Å²) in [5.41, 5.74) is -0.690. The topological polar surface area (TPSA) is 86.6 Å². The van der Waals surface area contributed by atoms with Gasteiger partial charge < -0.3 is 15.5 Å². The zero-order chi connectivity index (χ0) is 17.0. The zero-order valence-corrected chi connectivity index (χ0v) is 13.2. The van der Waals surface area contributed by atoms with E-state index in [2.05, 4.69) is 5.32 Å². The van der Waals surface area contributed by atoms with Gasteiger partial charge in [-0.2, -0.15) is 0 Å². The smallest absolute Gasteiger partial charge is 0.336 e. The van der Waals surface area contributed by atoms with Gasteiger partial charge in [-0.05, 0) is 30.7 Å². The minimum atomic E-state index is -1.33.